The number of carbonyl (C=O) groups is 1. The van der Waals surface area contributed by atoms with Gasteiger partial charge < -0.3 is 14.5 Å². The quantitative estimate of drug-likeness (QED) is 0.583. The number of carbonyl (C=O) groups excluding carboxylic acids is 1. The number of benzene rings is 2. The summed E-state index contributed by atoms with van der Waals surface area (Å²) in [5.74, 6) is 0.381. The minimum absolute atomic E-state index is 0.00338. The normalized spacial score (nSPS) is 15.5. The molecule has 3 aromatic rings. The molecule has 1 amide bonds. The number of ether oxygens (including phenoxy) is 1. The lowest BCUT2D eigenvalue weighted by atomic mass is 10.0. The molecule has 0 radical (unpaired) electrons. The minimum atomic E-state index is -0.410. The molecule has 1 aliphatic heterocycles. The average molecular weight is 455 g/mol. The second-order valence-electron chi connectivity index (χ2n) is 8.17. The third kappa shape index (κ3) is 4.81. The van der Waals surface area contributed by atoms with E-state index in [-0.39, 0.29) is 17.2 Å². The van der Waals surface area contributed by atoms with E-state index in [1.807, 2.05) is 31.2 Å². The van der Waals surface area contributed by atoms with Crippen LogP contribution in [0.4, 0.5) is 0 Å². The number of halogens is 1. The van der Waals surface area contributed by atoms with Crippen LogP contribution in [0.15, 0.2) is 51.7 Å². The smallest absolute Gasteiger partial charge is 0.287 e. The van der Waals surface area contributed by atoms with Crippen molar-refractivity contribution >= 4 is 28.5 Å². The third-order valence-corrected chi connectivity index (χ3v) is 6.43. The molecule has 32 heavy (non-hydrogen) atoms. The van der Waals surface area contributed by atoms with Crippen LogP contribution in [0.3, 0.4) is 0 Å². The lowest BCUT2D eigenvalue weighted by molar-refractivity contribution is 0.0897. The van der Waals surface area contributed by atoms with Crippen LogP contribution in [0.2, 0.25) is 5.02 Å². The monoisotopic (exact) mass is 454 g/mol. The highest BCUT2D eigenvalue weighted by Gasteiger charge is 2.24. The number of likely N-dealkylation sites (tertiary alicyclic amines) is 1. The first-order valence-corrected chi connectivity index (χ1v) is 11.2. The summed E-state index contributed by atoms with van der Waals surface area (Å²) in [6, 6.07) is 12.5. The second-order valence-corrected chi connectivity index (χ2v) is 8.58. The van der Waals surface area contributed by atoms with Crippen molar-refractivity contribution in [2.24, 2.45) is 0 Å². The van der Waals surface area contributed by atoms with E-state index in [1.54, 1.807) is 19.2 Å². The van der Waals surface area contributed by atoms with E-state index < -0.39 is 5.91 Å². The molecular weight excluding hydrogens is 428 g/mol. The summed E-state index contributed by atoms with van der Waals surface area (Å²) >= 11 is 6.13. The molecule has 2 heterocycles. The summed E-state index contributed by atoms with van der Waals surface area (Å²) < 4.78 is 11.0. The van der Waals surface area contributed by atoms with Crippen LogP contribution in [0, 0.1) is 6.92 Å². The number of aryl methyl sites for hydroxylation is 1. The van der Waals surface area contributed by atoms with E-state index in [0.717, 1.165) is 42.8 Å². The van der Waals surface area contributed by atoms with Crippen molar-refractivity contribution in [2.75, 3.05) is 26.7 Å². The summed E-state index contributed by atoms with van der Waals surface area (Å²) in [5.41, 5.74) is 1.95. The predicted molar refractivity (Wildman–Crippen MR) is 126 cm³/mol. The predicted octanol–water partition coefficient (Wildman–Crippen LogP) is 4.72. The van der Waals surface area contributed by atoms with Crippen LogP contribution >= 0.6 is 11.6 Å². The largest absolute Gasteiger partial charge is 0.497 e. The molecule has 1 fully saturated rings. The number of piperidine rings is 1. The Bertz CT molecular complexity index is 1170. The molecule has 0 spiro atoms. The van der Waals surface area contributed by atoms with Crippen molar-refractivity contribution in [2.45, 2.75) is 32.2 Å². The molecule has 0 saturated carbocycles. The molecular formula is C25H27ClN2O4. The van der Waals surface area contributed by atoms with Gasteiger partial charge in [-0.15, -0.1) is 0 Å². The van der Waals surface area contributed by atoms with Gasteiger partial charge in [0.05, 0.1) is 18.5 Å². The van der Waals surface area contributed by atoms with Crippen LogP contribution in [0.25, 0.3) is 11.0 Å². The molecule has 0 unspecified atom stereocenters. The molecule has 7 heteroatoms. The Morgan fingerprint density at radius 2 is 1.88 bits per heavy atom. The van der Waals surface area contributed by atoms with E-state index in [9.17, 15) is 9.59 Å². The SMILES string of the molecule is COc1ccc([C@H](CNC(=O)c2cc(=O)c3cc(Cl)c(C)cc3o2)N2CCCCC2)cc1. The van der Waals surface area contributed by atoms with Crippen LogP contribution < -0.4 is 15.5 Å². The zero-order valence-corrected chi connectivity index (χ0v) is 19.1. The molecule has 4 rings (SSSR count). The first-order chi connectivity index (χ1) is 15.5. The molecule has 0 aliphatic carbocycles. The summed E-state index contributed by atoms with van der Waals surface area (Å²) in [7, 11) is 1.64. The Labute approximate surface area is 192 Å². The first kappa shape index (κ1) is 22.4. The lowest BCUT2D eigenvalue weighted by Crippen LogP contribution is -2.40. The number of hydrogen-bond donors (Lipinski definition) is 1. The van der Waals surface area contributed by atoms with Crippen molar-refractivity contribution in [3.8, 4) is 5.75 Å². The van der Waals surface area contributed by atoms with Gasteiger partial charge in [0.15, 0.2) is 11.2 Å². The fraction of sp³-hybridized carbons (Fsp3) is 0.360. The number of nitrogens with zero attached hydrogens (tertiary/aromatic N) is 1. The van der Waals surface area contributed by atoms with Gasteiger partial charge in [-0.1, -0.05) is 30.2 Å². The number of methoxy groups -OCH3 is 1. The molecule has 1 atom stereocenters. The van der Waals surface area contributed by atoms with Gasteiger partial charge in [0, 0.05) is 17.6 Å². The summed E-state index contributed by atoms with van der Waals surface area (Å²) in [4.78, 5) is 27.8. The van der Waals surface area contributed by atoms with Crippen molar-refractivity contribution in [3.63, 3.8) is 0 Å². The Morgan fingerprint density at radius 1 is 1.16 bits per heavy atom. The lowest BCUT2D eigenvalue weighted by Gasteiger charge is -2.35. The Hall–Kier alpha value is -2.83. The van der Waals surface area contributed by atoms with Crippen LogP contribution in [0.1, 0.15) is 47.0 Å². The summed E-state index contributed by atoms with van der Waals surface area (Å²) in [5, 5.41) is 3.82. The Kier molecular flexibility index (Phi) is 6.82. The van der Waals surface area contributed by atoms with E-state index in [1.165, 1.54) is 12.5 Å². The number of nitrogens with one attached hydrogen (secondary N) is 1. The first-order valence-electron chi connectivity index (χ1n) is 10.9. The Morgan fingerprint density at radius 3 is 2.56 bits per heavy atom. The Balaban J connectivity index is 1.56. The molecule has 2 aromatic carbocycles. The van der Waals surface area contributed by atoms with Gasteiger partial charge in [-0.25, -0.2) is 0 Å². The molecule has 1 aliphatic rings. The number of fused-ring (bicyclic) bond motifs is 1. The third-order valence-electron chi connectivity index (χ3n) is 6.02. The average Bonchev–Trinajstić information content (AvgIpc) is 2.81. The zero-order chi connectivity index (χ0) is 22.7. The van der Waals surface area contributed by atoms with Gasteiger partial charge in [-0.2, -0.15) is 0 Å². The van der Waals surface area contributed by atoms with Crippen molar-refractivity contribution in [1.82, 2.24) is 10.2 Å². The fourth-order valence-corrected chi connectivity index (χ4v) is 4.34. The van der Waals surface area contributed by atoms with Crippen molar-refractivity contribution in [1.29, 1.82) is 0 Å². The van der Waals surface area contributed by atoms with E-state index >= 15 is 0 Å². The van der Waals surface area contributed by atoms with Crippen LogP contribution in [0.5, 0.6) is 5.75 Å². The maximum Gasteiger partial charge on any atom is 0.287 e. The van der Waals surface area contributed by atoms with E-state index in [2.05, 4.69) is 10.2 Å². The molecule has 0 bridgehead atoms. The van der Waals surface area contributed by atoms with Gasteiger partial charge in [-0.3, -0.25) is 14.5 Å². The second kappa shape index (κ2) is 9.76. The van der Waals surface area contributed by atoms with Gasteiger partial charge in [-0.05, 0) is 68.2 Å². The molecule has 1 N–H and O–H groups in total. The number of hydrogen-bond acceptors (Lipinski definition) is 5. The van der Waals surface area contributed by atoms with E-state index in [4.69, 9.17) is 20.8 Å². The standard InChI is InChI=1S/C25H27ClN2O4/c1-16-12-23-19(13-20(16)26)22(29)14-24(32-23)25(30)27-15-21(28-10-4-3-5-11-28)17-6-8-18(31-2)9-7-17/h6-9,12-14,21H,3-5,10-11,15H2,1-2H3,(H,27,30)/t21-/m0/s1. The number of amides is 1. The molecule has 168 valence electrons. The van der Waals surface area contributed by atoms with Crippen molar-refractivity contribution < 1.29 is 13.9 Å². The zero-order valence-electron chi connectivity index (χ0n) is 18.3. The van der Waals surface area contributed by atoms with Crippen molar-refractivity contribution in [3.05, 3.63) is 74.6 Å². The van der Waals surface area contributed by atoms with Gasteiger partial charge in [0.2, 0.25) is 0 Å². The molecule has 1 saturated heterocycles. The maximum atomic E-state index is 12.9. The summed E-state index contributed by atoms with van der Waals surface area (Å²) in [6.45, 7) is 4.20. The van der Waals surface area contributed by atoms with Crippen LogP contribution in [-0.2, 0) is 0 Å². The number of rotatable bonds is 6. The fourth-order valence-electron chi connectivity index (χ4n) is 4.18. The highest BCUT2D eigenvalue weighted by atomic mass is 35.5. The topological polar surface area (TPSA) is 71.8 Å². The molecule has 6 nitrogen and oxygen atoms in total. The van der Waals surface area contributed by atoms with E-state index in [0.29, 0.717) is 22.5 Å². The van der Waals surface area contributed by atoms with Gasteiger partial charge in [0.25, 0.3) is 5.91 Å². The highest BCUT2D eigenvalue weighted by Crippen LogP contribution is 2.26. The highest BCUT2D eigenvalue weighted by molar-refractivity contribution is 6.32. The summed E-state index contributed by atoms with van der Waals surface area (Å²) in [6.07, 6.45) is 3.51. The van der Waals surface area contributed by atoms with Gasteiger partial charge in [0.1, 0.15) is 11.3 Å². The van der Waals surface area contributed by atoms with Crippen LogP contribution in [-0.4, -0.2) is 37.6 Å². The minimum Gasteiger partial charge on any atom is -0.497 e. The maximum absolute atomic E-state index is 12.9. The molecule has 1 aromatic heterocycles. The van der Waals surface area contributed by atoms with Gasteiger partial charge >= 0.3 is 0 Å².